The molecule has 2 rings (SSSR count). The van der Waals surface area contributed by atoms with Gasteiger partial charge in [0.25, 0.3) is 0 Å². The molecule has 2 unspecified atom stereocenters. The second-order valence-electron chi connectivity index (χ2n) is 4.73. The smallest absolute Gasteiger partial charge is 0.223 e. The predicted octanol–water partition coefficient (Wildman–Crippen LogP) is 1.79. The molecule has 0 heterocycles. The lowest BCUT2D eigenvalue weighted by molar-refractivity contribution is -0.122. The van der Waals surface area contributed by atoms with Gasteiger partial charge in [0.2, 0.25) is 5.91 Å². The van der Waals surface area contributed by atoms with Crippen molar-refractivity contribution in [3.63, 3.8) is 0 Å². The average Bonchev–Trinajstić information content (AvgIpc) is 3.14. The lowest BCUT2D eigenvalue weighted by Gasteiger charge is -2.06. The zero-order chi connectivity index (χ0) is 13.8. The van der Waals surface area contributed by atoms with Gasteiger partial charge in [0.15, 0.2) is 0 Å². The van der Waals surface area contributed by atoms with Gasteiger partial charge in [0.1, 0.15) is 11.6 Å². The van der Waals surface area contributed by atoms with Crippen LogP contribution in [-0.2, 0) is 4.79 Å². The van der Waals surface area contributed by atoms with Gasteiger partial charge in [-0.25, -0.2) is 8.78 Å². The number of carbonyl (C=O) groups is 1. The van der Waals surface area contributed by atoms with E-state index in [2.05, 4.69) is 10.6 Å². The van der Waals surface area contributed by atoms with Crippen LogP contribution in [0.5, 0.6) is 0 Å². The molecule has 2 atom stereocenters. The number of likely N-dealkylation sites (N-methyl/N-ethyl adjacent to an activating group) is 1. The minimum atomic E-state index is -0.562. The molecule has 3 nitrogen and oxygen atoms in total. The maximum Gasteiger partial charge on any atom is 0.223 e. The molecule has 19 heavy (non-hydrogen) atoms. The van der Waals surface area contributed by atoms with Crippen molar-refractivity contribution >= 4 is 5.91 Å². The highest BCUT2D eigenvalue weighted by molar-refractivity contribution is 5.82. The Morgan fingerprint density at radius 2 is 2.00 bits per heavy atom. The van der Waals surface area contributed by atoms with E-state index in [4.69, 9.17) is 0 Å². The molecule has 0 radical (unpaired) electrons. The van der Waals surface area contributed by atoms with Gasteiger partial charge in [-0.05, 0) is 25.1 Å². The normalized spacial score (nSPS) is 21.2. The molecule has 0 saturated heterocycles. The van der Waals surface area contributed by atoms with Gasteiger partial charge < -0.3 is 10.6 Å². The van der Waals surface area contributed by atoms with Crippen LogP contribution in [0.1, 0.15) is 24.8 Å². The van der Waals surface area contributed by atoms with E-state index in [1.807, 2.05) is 6.92 Å². The Balaban J connectivity index is 1.88. The number of nitrogens with one attached hydrogen (secondary N) is 2. The van der Waals surface area contributed by atoms with Gasteiger partial charge in [-0.1, -0.05) is 13.0 Å². The third kappa shape index (κ3) is 3.29. The summed E-state index contributed by atoms with van der Waals surface area (Å²) in [5, 5.41) is 5.86. The van der Waals surface area contributed by atoms with E-state index in [0.29, 0.717) is 19.5 Å². The van der Waals surface area contributed by atoms with Crippen LogP contribution in [0, 0.1) is 17.6 Å². The average molecular weight is 268 g/mol. The van der Waals surface area contributed by atoms with Crippen LogP contribution >= 0.6 is 0 Å². The number of rotatable bonds is 6. The maximum atomic E-state index is 13.5. The van der Waals surface area contributed by atoms with Crippen molar-refractivity contribution in [2.75, 3.05) is 19.6 Å². The van der Waals surface area contributed by atoms with Crippen LogP contribution in [0.4, 0.5) is 8.78 Å². The van der Waals surface area contributed by atoms with Crippen LogP contribution in [0.25, 0.3) is 0 Å². The standard InChI is InChI=1S/C14H18F2N2O/c1-2-17-6-7-18-14(19)10-8-9(10)13-11(15)4-3-5-12(13)16/h3-5,9-10,17H,2,6-8H2,1H3,(H,18,19). The molecule has 0 aromatic heterocycles. The van der Waals surface area contributed by atoms with Crippen molar-refractivity contribution < 1.29 is 13.6 Å². The molecule has 1 aliphatic rings. The van der Waals surface area contributed by atoms with Crippen LogP contribution in [-0.4, -0.2) is 25.5 Å². The Bertz CT molecular complexity index is 445. The van der Waals surface area contributed by atoms with Gasteiger partial charge in [0, 0.05) is 30.5 Å². The highest BCUT2D eigenvalue weighted by Crippen LogP contribution is 2.49. The molecule has 1 saturated carbocycles. The molecule has 0 spiro atoms. The van der Waals surface area contributed by atoms with Crippen molar-refractivity contribution in [1.82, 2.24) is 10.6 Å². The SMILES string of the molecule is CCNCCNC(=O)C1CC1c1c(F)cccc1F. The van der Waals surface area contributed by atoms with Gasteiger partial charge >= 0.3 is 0 Å². The Labute approximate surface area is 111 Å². The third-order valence-electron chi connectivity index (χ3n) is 3.35. The second kappa shape index (κ2) is 6.10. The molecule has 0 bridgehead atoms. The molecule has 0 aliphatic heterocycles. The Morgan fingerprint density at radius 1 is 1.32 bits per heavy atom. The molecular formula is C14H18F2N2O. The summed E-state index contributed by atoms with van der Waals surface area (Å²) in [7, 11) is 0. The Kier molecular flexibility index (Phi) is 4.47. The fraction of sp³-hybridized carbons (Fsp3) is 0.500. The van der Waals surface area contributed by atoms with E-state index in [-0.39, 0.29) is 23.3 Å². The first-order valence-corrected chi connectivity index (χ1v) is 6.57. The number of amides is 1. The number of hydrogen-bond acceptors (Lipinski definition) is 2. The molecule has 1 aromatic rings. The van der Waals surface area contributed by atoms with E-state index < -0.39 is 11.6 Å². The lowest BCUT2D eigenvalue weighted by atomic mass is 10.1. The predicted molar refractivity (Wildman–Crippen MR) is 68.8 cm³/mol. The van der Waals surface area contributed by atoms with Crippen molar-refractivity contribution in [2.45, 2.75) is 19.3 Å². The zero-order valence-electron chi connectivity index (χ0n) is 10.9. The highest BCUT2D eigenvalue weighted by Gasteiger charge is 2.46. The van der Waals surface area contributed by atoms with E-state index in [0.717, 1.165) is 6.54 Å². The summed E-state index contributed by atoms with van der Waals surface area (Å²) in [5.41, 5.74) is 0.0503. The van der Waals surface area contributed by atoms with Gasteiger partial charge in [-0.2, -0.15) is 0 Å². The molecule has 1 fully saturated rings. The van der Waals surface area contributed by atoms with E-state index in [9.17, 15) is 13.6 Å². The number of hydrogen-bond donors (Lipinski definition) is 2. The zero-order valence-corrected chi connectivity index (χ0v) is 10.9. The first kappa shape index (κ1) is 13.9. The van der Waals surface area contributed by atoms with Crippen molar-refractivity contribution in [3.05, 3.63) is 35.4 Å². The summed E-state index contributed by atoms with van der Waals surface area (Å²) in [4.78, 5) is 11.8. The summed E-state index contributed by atoms with van der Waals surface area (Å²) in [5.74, 6) is -1.86. The third-order valence-corrected chi connectivity index (χ3v) is 3.35. The van der Waals surface area contributed by atoms with Crippen LogP contribution in [0.2, 0.25) is 0 Å². The second-order valence-corrected chi connectivity index (χ2v) is 4.73. The lowest BCUT2D eigenvalue weighted by Crippen LogP contribution is -2.32. The summed E-state index contributed by atoms with van der Waals surface area (Å²) >= 11 is 0. The summed E-state index contributed by atoms with van der Waals surface area (Å²) in [6, 6.07) is 3.80. The quantitative estimate of drug-likeness (QED) is 0.772. The largest absolute Gasteiger partial charge is 0.355 e. The molecular weight excluding hydrogens is 250 g/mol. The molecule has 1 aliphatic carbocycles. The number of benzene rings is 1. The van der Waals surface area contributed by atoms with Crippen LogP contribution in [0.3, 0.4) is 0 Å². The van der Waals surface area contributed by atoms with Gasteiger partial charge in [-0.15, -0.1) is 0 Å². The molecule has 1 aromatic carbocycles. The van der Waals surface area contributed by atoms with Crippen molar-refractivity contribution in [1.29, 1.82) is 0 Å². The first-order chi connectivity index (χ1) is 9.15. The Morgan fingerprint density at radius 3 is 2.63 bits per heavy atom. The van der Waals surface area contributed by atoms with E-state index >= 15 is 0 Å². The van der Waals surface area contributed by atoms with Crippen LogP contribution in [0.15, 0.2) is 18.2 Å². The van der Waals surface area contributed by atoms with Gasteiger partial charge in [0.05, 0.1) is 0 Å². The fourth-order valence-electron chi connectivity index (χ4n) is 2.25. The summed E-state index contributed by atoms with van der Waals surface area (Å²) in [6.07, 6.45) is 0.519. The van der Waals surface area contributed by atoms with E-state index in [1.54, 1.807) is 0 Å². The van der Waals surface area contributed by atoms with Crippen molar-refractivity contribution in [2.24, 2.45) is 5.92 Å². The van der Waals surface area contributed by atoms with Crippen molar-refractivity contribution in [3.8, 4) is 0 Å². The first-order valence-electron chi connectivity index (χ1n) is 6.57. The minimum absolute atomic E-state index is 0.0503. The maximum absolute atomic E-state index is 13.5. The number of halogens is 2. The van der Waals surface area contributed by atoms with E-state index in [1.165, 1.54) is 18.2 Å². The molecule has 2 N–H and O–H groups in total. The molecule has 1 amide bonds. The molecule has 104 valence electrons. The molecule has 5 heteroatoms. The minimum Gasteiger partial charge on any atom is -0.355 e. The van der Waals surface area contributed by atoms with Crippen LogP contribution < -0.4 is 10.6 Å². The Hall–Kier alpha value is -1.49. The number of carbonyl (C=O) groups excluding carboxylic acids is 1. The fourth-order valence-corrected chi connectivity index (χ4v) is 2.25. The van der Waals surface area contributed by atoms with Gasteiger partial charge in [-0.3, -0.25) is 4.79 Å². The monoisotopic (exact) mass is 268 g/mol. The summed E-state index contributed by atoms with van der Waals surface area (Å²) < 4.78 is 27.1. The topological polar surface area (TPSA) is 41.1 Å². The summed E-state index contributed by atoms with van der Waals surface area (Å²) in [6.45, 7) is 4.07. The highest BCUT2D eigenvalue weighted by atomic mass is 19.1.